The number of rotatable bonds is 5. The van der Waals surface area contributed by atoms with Crippen molar-refractivity contribution < 1.29 is 9.53 Å². The molecule has 0 atom stereocenters. The summed E-state index contributed by atoms with van der Waals surface area (Å²) in [5.41, 5.74) is 6.16. The number of pyridine rings is 1. The van der Waals surface area contributed by atoms with Crippen LogP contribution in [-0.4, -0.2) is 17.5 Å². The van der Waals surface area contributed by atoms with Gasteiger partial charge in [0.25, 0.3) is 0 Å². The highest BCUT2D eigenvalue weighted by Crippen LogP contribution is 2.25. The van der Waals surface area contributed by atoms with Gasteiger partial charge in [-0.1, -0.05) is 18.2 Å². The van der Waals surface area contributed by atoms with Gasteiger partial charge in [-0.15, -0.1) is 0 Å². The topological polar surface area (TPSA) is 65.2 Å². The van der Waals surface area contributed by atoms with Crippen molar-refractivity contribution in [2.45, 2.75) is 13.3 Å². The van der Waals surface area contributed by atoms with Gasteiger partial charge in [0.05, 0.1) is 23.7 Å². The number of nitrogens with two attached hydrogens (primary N) is 1. The van der Waals surface area contributed by atoms with Gasteiger partial charge in [0.2, 0.25) is 5.91 Å². The molecule has 0 unspecified atom stereocenters. The largest absolute Gasteiger partial charge is 0.494 e. The van der Waals surface area contributed by atoms with Crippen LogP contribution in [-0.2, 0) is 16.0 Å². The first-order valence-electron chi connectivity index (χ1n) is 4.80. The molecular formula is C11H13ClN2O2. The first-order valence-corrected chi connectivity index (χ1v) is 5.17. The Balaban J connectivity index is 3.03. The SMILES string of the molecule is C=C(OCC)c1ccnc(CC(N)=O)c1Cl. The predicted molar refractivity (Wildman–Crippen MR) is 62.8 cm³/mol. The maximum Gasteiger partial charge on any atom is 0.223 e. The maximum absolute atomic E-state index is 10.8. The first-order chi connectivity index (χ1) is 7.56. The number of nitrogens with zero attached hydrogens (tertiary/aromatic N) is 1. The van der Waals surface area contributed by atoms with Gasteiger partial charge in [-0.25, -0.2) is 0 Å². The van der Waals surface area contributed by atoms with E-state index in [1.54, 1.807) is 12.3 Å². The lowest BCUT2D eigenvalue weighted by molar-refractivity contribution is -0.117. The third-order valence-corrected chi connectivity index (χ3v) is 2.34. The number of hydrogen-bond donors (Lipinski definition) is 1. The number of carbonyl (C=O) groups excluding carboxylic acids is 1. The Labute approximate surface area is 99.1 Å². The minimum absolute atomic E-state index is 0.00603. The van der Waals surface area contributed by atoms with Crippen LogP contribution in [0.2, 0.25) is 5.02 Å². The van der Waals surface area contributed by atoms with Gasteiger partial charge in [-0.3, -0.25) is 9.78 Å². The Hall–Kier alpha value is -1.55. The summed E-state index contributed by atoms with van der Waals surface area (Å²) < 4.78 is 5.25. The minimum atomic E-state index is -0.478. The molecule has 16 heavy (non-hydrogen) atoms. The van der Waals surface area contributed by atoms with Crippen molar-refractivity contribution in [3.63, 3.8) is 0 Å². The fraction of sp³-hybridized carbons (Fsp3) is 0.273. The van der Waals surface area contributed by atoms with Crippen molar-refractivity contribution in [1.29, 1.82) is 0 Å². The lowest BCUT2D eigenvalue weighted by Crippen LogP contribution is -2.15. The zero-order chi connectivity index (χ0) is 12.1. The van der Waals surface area contributed by atoms with Crippen LogP contribution in [0.4, 0.5) is 0 Å². The average molecular weight is 241 g/mol. The predicted octanol–water partition coefficient (Wildman–Crippen LogP) is 1.77. The number of halogens is 1. The van der Waals surface area contributed by atoms with Crippen LogP contribution in [0, 0.1) is 0 Å². The van der Waals surface area contributed by atoms with Crippen molar-refractivity contribution in [2.75, 3.05) is 6.61 Å². The quantitative estimate of drug-likeness (QED) is 0.798. The lowest BCUT2D eigenvalue weighted by Gasteiger charge is -2.10. The van der Waals surface area contributed by atoms with E-state index in [1.165, 1.54) is 0 Å². The summed E-state index contributed by atoms with van der Waals surface area (Å²) >= 11 is 6.07. The molecule has 1 rings (SSSR count). The molecule has 0 aliphatic carbocycles. The molecule has 1 heterocycles. The first kappa shape index (κ1) is 12.5. The zero-order valence-electron chi connectivity index (χ0n) is 9.00. The van der Waals surface area contributed by atoms with Crippen LogP contribution in [0.5, 0.6) is 0 Å². The minimum Gasteiger partial charge on any atom is -0.494 e. The second-order valence-corrected chi connectivity index (χ2v) is 3.50. The van der Waals surface area contributed by atoms with Gasteiger partial charge in [0.1, 0.15) is 5.76 Å². The van der Waals surface area contributed by atoms with Crippen LogP contribution >= 0.6 is 11.6 Å². The third-order valence-electron chi connectivity index (χ3n) is 1.92. The van der Waals surface area contributed by atoms with Gasteiger partial charge in [0, 0.05) is 11.8 Å². The number of amides is 1. The van der Waals surface area contributed by atoms with Crippen LogP contribution < -0.4 is 5.73 Å². The van der Waals surface area contributed by atoms with Crippen LogP contribution in [0.15, 0.2) is 18.8 Å². The van der Waals surface area contributed by atoms with Crippen LogP contribution in [0.3, 0.4) is 0 Å². The summed E-state index contributed by atoms with van der Waals surface area (Å²) in [6, 6.07) is 1.69. The summed E-state index contributed by atoms with van der Waals surface area (Å²) in [6.45, 7) is 6.10. The van der Waals surface area contributed by atoms with Gasteiger partial charge in [-0.05, 0) is 13.0 Å². The normalized spacial score (nSPS) is 9.88. The fourth-order valence-electron chi connectivity index (χ4n) is 1.24. The van der Waals surface area contributed by atoms with E-state index >= 15 is 0 Å². The van der Waals surface area contributed by atoms with Crippen LogP contribution in [0.25, 0.3) is 5.76 Å². The highest BCUT2D eigenvalue weighted by Gasteiger charge is 2.12. The van der Waals surface area contributed by atoms with Gasteiger partial charge in [0.15, 0.2) is 0 Å². The fourth-order valence-corrected chi connectivity index (χ4v) is 1.53. The van der Waals surface area contributed by atoms with Crippen LogP contribution in [0.1, 0.15) is 18.2 Å². The van der Waals surface area contributed by atoms with E-state index in [9.17, 15) is 4.79 Å². The molecule has 0 aliphatic heterocycles. The number of primary amides is 1. The molecular weight excluding hydrogens is 228 g/mol. The molecule has 1 aromatic rings. The summed E-state index contributed by atoms with van der Waals surface area (Å²) in [4.78, 5) is 14.8. The molecule has 0 aromatic carbocycles. The van der Waals surface area contributed by atoms with E-state index < -0.39 is 5.91 Å². The van der Waals surface area contributed by atoms with E-state index in [4.69, 9.17) is 22.1 Å². The number of aromatic nitrogens is 1. The van der Waals surface area contributed by atoms with Crippen molar-refractivity contribution in [1.82, 2.24) is 4.98 Å². The maximum atomic E-state index is 10.8. The molecule has 0 saturated heterocycles. The zero-order valence-corrected chi connectivity index (χ0v) is 9.75. The number of ether oxygens (including phenoxy) is 1. The summed E-state index contributed by atoms with van der Waals surface area (Å²) in [5.74, 6) is -0.0193. The van der Waals surface area contributed by atoms with E-state index in [0.29, 0.717) is 28.6 Å². The smallest absolute Gasteiger partial charge is 0.223 e. The molecule has 0 saturated carbocycles. The molecule has 0 radical (unpaired) electrons. The van der Waals surface area contributed by atoms with Crippen molar-refractivity contribution in [3.8, 4) is 0 Å². The third kappa shape index (κ3) is 2.97. The molecule has 2 N–H and O–H groups in total. The van der Waals surface area contributed by atoms with Crippen molar-refractivity contribution in [2.24, 2.45) is 5.73 Å². The molecule has 0 fully saturated rings. The molecule has 4 nitrogen and oxygen atoms in total. The van der Waals surface area contributed by atoms with Crippen molar-refractivity contribution >= 4 is 23.3 Å². The number of hydrogen-bond acceptors (Lipinski definition) is 3. The standard InChI is InChI=1S/C11H13ClN2O2/c1-3-16-7(2)8-4-5-14-9(11(8)12)6-10(13)15/h4-5H,2-3,6H2,1H3,(H2,13,15). The molecule has 0 aliphatic rings. The van der Waals surface area contributed by atoms with E-state index in [-0.39, 0.29) is 6.42 Å². The van der Waals surface area contributed by atoms with Crippen molar-refractivity contribution in [3.05, 3.63) is 35.1 Å². The Morgan fingerprint density at radius 3 is 2.94 bits per heavy atom. The van der Waals surface area contributed by atoms with E-state index in [0.717, 1.165) is 0 Å². The molecule has 1 aromatic heterocycles. The molecule has 86 valence electrons. The number of carbonyl (C=O) groups is 1. The second kappa shape index (κ2) is 5.51. The summed E-state index contributed by atoms with van der Waals surface area (Å²) in [5, 5.41) is 0.361. The monoisotopic (exact) mass is 240 g/mol. The Morgan fingerprint density at radius 2 is 2.38 bits per heavy atom. The highest BCUT2D eigenvalue weighted by atomic mass is 35.5. The molecule has 1 amide bonds. The summed E-state index contributed by atoms with van der Waals surface area (Å²) in [6.07, 6.45) is 1.55. The highest BCUT2D eigenvalue weighted by molar-refractivity contribution is 6.33. The van der Waals surface area contributed by atoms with Gasteiger partial charge < -0.3 is 10.5 Å². The average Bonchev–Trinajstić information content (AvgIpc) is 2.21. The molecule has 5 heteroatoms. The van der Waals surface area contributed by atoms with E-state index in [1.807, 2.05) is 6.92 Å². The molecule has 0 bridgehead atoms. The lowest BCUT2D eigenvalue weighted by atomic mass is 10.1. The molecule has 0 spiro atoms. The van der Waals surface area contributed by atoms with E-state index in [2.05, 4.69) is 11.6 Å². The Bertz CT molecular complexity index is 418. The Kier molecular flexibility index (Phi) is 4.31. The summed E-state index contributed by atoms with van der Waals surface area (Å²) in [7, 11) is 0. The Morgan fingerprint density at radius 1 is 1.69 bits per heavy atom. The van der Waals surface area contributed by atoms with Gasteiger partial charge in [-0.2, -0.15) is 0 Å². The van der Waals surface area contributed by atoms with Gasteiger partial charge >= 0.3 is 0 Å². The second-order valence-electron chi connectivity index (χ2n) is 3.12.